The van der Waals surface area contributed by atoms with Crippen LogP contribution in [0.3, 0.4) is 0 Å². The molecule has 0 aliphatic carbocycles. The number of nitrogens with zero attached hydrogens (tertiary/aromatic N) is 1. The first-order chi connectivity index (χ1) is 11.4. The Kier molecular flexibility index (Phi) is 6.63. The van der Waals surface area contributed by atoms with Crippen LogP contribution in [0.25, 0.3) is 0 Å². The van der Waals surface area contributed by atoms with Crippen LogP contribution in [0.2, 0.25) is 0 Å². The van der Waals surface area contributed by atoms with Crippen molar-refractivity contribution < 1.29 is 28.0 Å². The van der Waals surface area contributed by atoms with Gasteiger partial charge in [-0.3, -0.25) is 14.9 Å². The second kappa shape index (κ2) is 7.89. The molecule has 0 aromatic heterocycles. The van der Waals surface area contributed by atoms with E-state index in [-0.39, 0.29) is 12.2 Å². The van der Waals surface area contributed by atoms with E-state index in [1.165, 1.54) is 19.9 Å². The van der Waals surface area contributed by atoms with E-state index in [0.29, 0.717) is 5.56 Å². The van der Waals surface area contributed by atoms with Gasteiger partial charge in [0, 0.05) is 12.6 Å². The first kappa shape index (κ1) is 21.0. The lowest BCUT2D eigenvalue weighted by molar-refractivity contribution is -0.387. The lowest BCUT2D eigenvalue weighted by Crippen LogP contribution is -2.42. The summed E-state index contributed by atoms with van der Waals surface area (Å²) >= 11 is 0. The van der Waals surface area contributed by atoms with Crippen LogP contribution in [0.4, 0.5) is 5.69 Å². The van der Waals surface area contributed by atoms with E-state index < -0.39 is 50.1 Å². The van der Waals surface area contributed by atoms with Gasteiger partial charge in [-0.2, -0.15) is 0 Å². The van der Waals surface area contributed by atoms with Crippen LogP contribution in [0.1, 0.15) is 31.4 Å². The number of aryl methyl sites for hydroxylation is 1. The van der Waals surface area contributed by atoms with Crippen molar-refractivity contribution in [3.05, 3.63) is 33.4 Å². The van der Waals surface area contributed by atoms with Crippen LogP contribution >= 0.6 is 0 Å². The SMILES string of the molecule is CCOC(=O)C[C@@](C)(O)CNS(=O)(=O)c1c([N+](=O)[O-])ccc(C)c1C. The molecule has 0 aliphatic heterocycles. The van der Waals surface area contributed by atoms with Crippen molar-refractivity contribution >= 4 is 21.7 Å². The number of ether oxygens (including phenoxy) is 1. The maximum Gasteiger partial charge on any atom is 0.308 e. The molecule has 25 heavy (non-hydrogen) atoms. The maximum atomic E-state index is 12.5. The van der Waals surface area contributed by atoms with Crippen molar-refractivity contribution in [1.82, 2.24) is 4.72 Å². The number of sulfonamides is 1. The molecule has 10 heteroatoms. The molecule has 0 heterocycles. The number of nitro benzene ring substituents is 1. The van der Waals surface area contributed by atoms with Gasteiger partial charge in [-0.1, -0.05) is 6.07 Å². The standard InChI is InChI=1S/C15H22N2O7S/c1-5-24-13(18)8-15(4,19)9-16-25(22,23)14-11(3)10(2)6-7-12(14)17(20)21/h6-7,16,19H,5,8-9H2,1-4H3/t15-/m1/s1. The molecule has 2 N–H and O–H groups in total. The highest BCUT2D eigenvalue weighted by Crippen LogP contribution is 2.29. The fourth-order valence-corrected chi connectivity index (χ4v) is 3.79. The maximum absolute atomic E-state index is 12.5. The van der Waals surface area contributed by atoms with Crippen LogP contribution in [0, 0.1) is 24.0 Å². The number of hydrogen-bond acceptors (Lipinski definition) is 7. The molecule has 0 saturated carbocycles. The molecule has 1 rings (SSSR count). The van der Waals surface area contributed by atoms with Gasteiger partial charge in [0.1, 0.15) is 0 Å². The molecule has 0 fully saturated rings. The van der Waals surface area contributed by atoms with Crippen molar-refractivity contribution in [1.29, 1.82) is 0 Å². The van der Waals surface area contributed by atoms with Crippen LogP contribution < -0.4 is 4.72 Å². The van der Waals surface area contributed by atoms with Gasteiger partial charge < -0.3 is 9.84 Å². The average Bonchev–Trinajstić information content (AvgIpc) is 2.47. The van der Waals surface area contributed by atoms with Gasteiger partial charge in [0.25, 0.3) is 5.69 Å². The summed E-state index contributed by atoms with van der Waals surface area (Å²) in [5.41, 5.74) is -1.44. The number of nitro groups is 1. The Bertz CT molecular complexity index is 772. The molecule has 0 saturated heterocycles. The molecule has 0 bridgehead atoms. The van der Waals surface area contributed by atoms with Gasteiger partial charge in [-0.15, -0.1) is 0 Å². The lowest BCUT2D eigenvalue weighted by Gasteiger charge is -2.22. The molecule has 1 aromatic rings. The zero-order valence-electron chi connectivity index (χ0n) is 14.5. The predicted octanol–water partition coefficient (Wildman–Crippen LogP) is 1.19. The largest absolute Gasteiger partial charge is 0.466 e. The molecule has 0 aliphatic rings. The zero-order chi connectivity index (χ0) is 19.4. The summed E-state index contributed by atoms with van der Waals surface area (Å²) in [5, 5.41) is 21.3. The highest BCUT2D eigenvalue weighted by Gasteiger charge is 2.32. The van der Waals surface area contributed by atoms with Crippen LogP contribution in [-0.4, -0.2) is 43.2 Å². The number of hydrogen-bond donors (Lipinski definition) is 2. The topological polar surface area (TPSA) is 136 Å². The van der Waals surface area contributed by atoms with Gasteiger partial charge in [0.15, 0.2) is 4.90 Å². The number of aliphatic hydroxyl groups is 1. The van der Waals surface area contributed by atoms with Gasteiger partial charge in [0.05, 0.1) is 23.6 Å². The minimum Gasteiger partial charge on any atom is -0.466 e. The van der Waals surface area contributed by atoms with Gasteiger partial charge >= 0.3 is 5.97 Å². The molecule has 0 radical (unpaired) electrons. The number of esters is 1. The van der Waals surface area contributed by atoms with Gasteiger partial charge in [-0.25, -0.2) is 13.1 Å². The minimum absolute atomic E-state index is 0.134. The van der Waals surface area contributed by atoms with Crippen molar-refractivity contribution in [2.24, 2.45) is 0 Å². The predicted molar refractivity (Wildman–Crippen MR) is 89.6 cm³/mol. The first-order valence-electron chi connectivity index (χ1n) is 7.53. The Labute approximate surface area is 146 Å². The quantitative estimate of drug-likeness (QED) is 0.396. The number of nitrogens with one attached hydrogen (secondary N) is 1. The average molecular weight is 374 g/mol. The van der Waals surface area contributed by atoms with Crippen molar-refractivity contribution in [2.75, 3.05) is 13.2 Å². The molecular formula is C15H22N2O7S. The Morgan fingerprint density at radius 3 is 2.52 bits per heavy atom. The minimum atomic E-state index is -4.27. The Balaban J connectivity index is 3.09. The first-order valence-corrected chi connectivity index (χ1v) is 9.02. The number of benzene rings is 1. The van der Waals surface area contributed by atoms with Crippen molar-refractivity contribution in [2.45, 2.75) is 44.6 Å². The monoisotopic (exact) mass is 374 g/mol. The Morgan fingerprint density at radius 1 is 1.40 bits per heavy atom. The third-order valence-corrected chi connectivity index (χ3v) is 5.17. The van der Waals surface area contributed by atoms with E-state index in [9.17, 15) is 28.4 Å². The highest BCUT2D eigenvalue weighted by atomic mass is 32.2. The lowest BCUT2D eigenvalue weighted by atomic mass is 10.0. The number of carbonyl (C=O) groups is 1. The third-order valence-electron chi connectivity index (χ3n) is 3.59. The third kappa shape index (κ3) is 5.48. The summed E-state index contributed by atoms with van der Waals surface area (Å²) in [7, 11) is -4.27. The second-order valence-corrected chi connectivity index (χ2v) is 7.62. The Hall–Kier alpha value is -2.04. The zero-order valence-corrected chi connectivity index (χ0v) is 15.3. The summed E-state index contributed by atoms with van der Waals surface area (Å²) in [6, 6.07) is 2.58. The second-order valence-electron chi connectivity index (χ2n) is 5.92. The van der Waals surface area contributed by atoms with Crippen LogP contribution in [0.5, 0.6) is 0 Å². The fourth-order valence-electron chi connectivity index (χ4n) is 2.17. The molecule has 0 amide bonds. The van der Waals surface area contributed by atoms with Gasteiger partial charge in [-0.05, 0) is 38.8 Å². The van der Waals surface area contributed by atoms with Gasteiger partial charge in [0.2, 0.25) is 10.0 Å². The number of carbonyl (C=O) groups excluding carboxylic acids is 1. The summed E-state index contributed by atoms with van der Waals surface area (Å²) in [4.78, 5) is 21.4. The summed E-state index contributed by atoms with van der Waals surface area (Å²) in [6.07, 6.45) is -0.418. The number of rotatable bonds is 8. The summed E-state index contributed by atoms with van der Waals surface area (Å²) in [6.45, 7) is 5.61. The van der Waals surface area contributed by atoms with E-state index in [2.05, 4.69) is 4.72 Å². The van der Waals surface area contributed by atoms with E-state index in [1.54, 1.807) is 13.8 Å². The van der Waals surface area contributed by atoms with E-state index >= 15 is 0 Å². The molecular weight excluding hydrogens is 352 g/mol. The van der Waals surface area contributed by atoms with Crippen LogP contribution in [0.15, 0.2) is 17.0 Å². The molecule has 0 unspecified atom stereocenters. The van der Waals surface area contributed by atoms with Crippen molar-refractivity contribution in [3.63, 3.8) is 0 Å². The normalized spacial score (nSPS) is 14.0. The summed E-state index contributed by atoms with van der Waals surface area (Å²) in [5.74, 6) is -0.676. The van der Waals surface area contributed by atoms with E-state index in [1.807, 2.05) is 0 Å². The Morgan fingerprint density at radius 2 is 2.00 bits per heavy atom. The summed E-state index contributed by atoms with van der Waals surface area (Å²) < 4.78 is 31.9. The molecule has 140 valence electrons. The molecule has 1 atom stereocenters. The smallest absolute Gasteiger partial charge is 0.308 e. The highest BCUT2D eigenvalue weighted by molar-refractivity contribution is 7.89. The van der Waals surface area contributed by atoms with Crippen molar-refractivity contribution in [3.8, 4) is 0 Å². The fraction of sp³-hybridized carbons (Fsp3) is 0.533. The van der Waals surface area contributed by atoms with E-state index in [0.717, 1.165) is 6.07 Å². The van der Waals surface area contributed by atoms with Crippen LogP contribution in [-0.2, 0) is 19.6 Å². The molecule has 9 nitrogen and oxygen atoms in total. The van der Waals surface area contributed by atoms with E-state index in [4.69, 9.17) is 4.74 Å². The molecule has 1 aromatic carbocycles. The molecule has 0 spiro atoms.